The Morgan fingerprint density at radius 1 is 0.793 bits per heavy atom. The standard InChI is InChI=1S/C22H39I5O2/c1-2-22(27,21(28)29)20(26)19(25)18(24)16-14-12-10-8-6-4-3-5-7-9-11-13-15-17-23/h18-20H,2-17H2,1H3,(H,28,29). The van der Waals surface area contributed by atoms with Crippen LogP contribution in [-0.2, 0) is 4.79 Å². The first kappa shape index (κ1) is 32.1. The molecule has 29 heavy (non-hydrogen) atoms. The second-order valence-corrected chi connectivity index (χ2v) is 15.3. The Morgan fingerprint density at radius 3 is 1.52 bits per heavy atom. The Balaban J connectivity index is 3.69. The van der Waals surface area contributed by atoms with E-state index in [4.69, 9.17) is 0 Å². The van der Waals surface area contributed by atoms with Crippen LogP contribution in [0.25, 0.3) is 0 Å². The molecule has 0 heterocycles. The lowest BCUT2D eigenvalue weighted by atomic mass is 9.97. The van der Waals surface area contributed by atoms with E-state index in [1.807, 2.05) is 6.92 Å². The molecule has 0 bridgehead atoms. The van der Waals surface area contributed by atoms with Gasteiger partial charge in [-0.2, -0.15) is 0 Å². The summed E-state index contributed by atoms with van der Waals surface area (Å²) in [6.45, 7) is 1.99. The summed E-state index contributed by atoms with van der Waals surface area (Å²) in [5.74, 6) is -0.665. The lowest BCUT2D eigenvalue weighted by molar-refractivity contribution is -0.139. The fraction of sp³-hybridized carbons (Fsp3) is 0.955. The van der Waals surface area contributed by atoms with E-state index in [1.54, 1.807) is 0 Å². The van der Waals surface area contributed by atoms with Crippen LogP contribution in [0.4, 0.5) is 0 Å². The Labute approximate surface area is 248 Å². The molecular formula is C22H39I5O2. The molecule has 0 aromatic heterocycles. The van der Waals surface area contributed by atoms with Crippen molar-refractivity contribution in [3.05, 3.63) is 0 Å². The van der Waals surface area contributed by atoms with Crippen molar-refractivity contribution in [3.63, 3.8) is 0 Å². The Bertz CT molecular complexity index is 411. The summed E-state index contributed by atoms with van der Waals surface area (Å²) < 4.78 is 1.76. The molecule has 0 saturated heterocycles. The van der Waals surface area contributed by atoms with Crippen molar-refractivity contribution in [2.75, 3.05) is 4.43 Å². The van der Waals surface area contributed by atoms with Crippen molar-refractivity contribution < 1.29 is 9.90 Å². The van der Waals surface area contributed by atoms with E-state index in [0.717, 1.165) is 0 Å². The molecule has 0 radical (unpaired) electrons. The van der Waals surface area contributed by atoms with Crippen molar-refractivity contribution in [2.45, 2.75) is 118 Å². The smallest absolute Gasteiger partial charge is 0.320 e. The highest BCUT2D eigenvalue weighted by molar-refractivity contribution is 14.1. The second kappa shape index (κ2) is 20.5. The van der Waals surface area contributed by atoms with E-state index in [0.29, 0.717) is 14.3 Å². The highest BCUT2D eigenvalue weighted by Gasteiger charge is 2.45. The number of unbranched alkanes of at least 4 members (excludes halogenated alkanes) is 12. The zero-order valence-corrected chi connectivity index (χ0v) is 28.6. The van der Waals surface area contributed by atoms with Gasteiger partial charge in [-0.3, -0.25) is 4.79 Å². The van der Waals surface area contributed by atoms with E-state index in [-0.39, 0.29) is 3.92 Å². The highest BCUT2D eigenvalue weighted by Crippen LogP contribution is 2.41. The maximum Gasteiger partial charge on any atom is 0.320 e. The molecule has 0 spiro atoms. The van der Waals surface area contributed by atoms with E-state index < -0.39 is 9.39 Å². The van der Waals surface area contributed by atoms with Crippen LogP contribution in [-0.4, -0.2) is 30.7 Å². The summed E-state index contributed by atoms with van der Waals surface area (Å²) >= 11 is 12.1. The molecule has 2 nitrogen and oxygen atoms in total. The van der Waals surface area contributed by atoms with Crippen molar-refractivity contribution >= 4 is 119 Å². The average molecular weight is 970 g/mol. The van der Waals surface area contributed by atoms with Crippen molar-refractivity contribution in [2.24, 2.45) is 0 Å². The molecule has 0 fully saturated rings. The second-order valence-electron chi connectivity index (χ2n) is 7.96. The third-order valence-electron chi connectivity index (χ3n) is 5.55. The number of hydrogen-bond donors (Lipinski definition) is 1. The topological polar surface area (TPSA) is 37.3 Å². The summed E-state index contributed by atoms with van der Waals surface area (Å²) in [5, 5.41) is 9.62. The predicted octanol–water partition coefficient (Wildman–Crippen LogP) is 9.96. The van der Waals surface area contributed by atoms with Crippen LogP contribution < -0.4 is 0 Å². The minimum atomic E-state index is -0.665. The first-order valence-electron chi connectivity index (χ1n) is 11.2. The third-order valence-corrected chi connectivity index (χ3v) is 17.0. The Hall–Kier alpha value is 3.12. The van der Waals surface area contributed by atoms with Gasteiger partial charge in [0.05, 0.1) is 0 Å². The number of halogens is 5. The number of carbonyl (C=O) groups is 1. The van der Waals surface area contributed by atoms with Crippen LogP contribution in [0.2, 0.25) is 0 Å². The number of rotatable bonds is 20. The summed E-state index contributed by atoms with van der Waals surface area (Å²) in [6.07, 6.45) is 20.0. The highest BCUT2D eigenvalue weighted by atomic mass is 127. The zero-order valence-electron chi connectivity index (χ0n) is 17.8. The van der Waals surface area contributed by atoms with Gasteiger partial charge in [0.1, 0.15) is 3.42 Å². The summed E-state index contributed by atoms with van der Waals surface area (Å²) in [5.41, 5.74) is 0. The molecule has 0 rings (SSSR count). The fourth-order valence-corrected chi connectivity index (χ4v) is 8.88. The van der Waals surface area contributed by atoms with Gasteiger partial charge in [-0.25, -0.2) is 0 Å². The van der Waals surface area contributed by atoms with Crippen molar-refractivity contribution in [1.29, 1.82) is 0 Å². The van der Waals surface area contributed by atoms with Crippen molar-refractivity contribution in [1.82, 2.24) is 0 Å². The molecule has 7 heteroatoms. The summed E-state index contributed by atoms with van der Waals surface area (Å²) in [7, 11) is 0. The van der Waals surface area contributed by atoms with Crippen molar-refractivity contribution in [3.8, 4) is 0 Å². The van der Waals surface area contributed by atoms with E-state index >= 15 is 0 Å². The van der Waals surface area contributed by atoms with Gasteiger partial charge in [-0.05, 0) is 23.7 Å². The third kappa shape index (κ3) is 14.9. The monoisotopic (exact) mass is 970 g/mol. The Kier molecular flexibility index (Phi) is 22.7. The van der Waals surface area contributed by atoms with Gasteiger partial charge in [-0.1, -0.05) is 197 Å². The minimum absolute atomic E-state index is 0.150. The normalized spacial score (nSPS) is 16.9. The first-order valence-corrected chi connectivity index (χ1v) is 17.6. The number of hydrogen-bond acceptors (Lipinski definition) is 1. The summed E-state index contributed by atoms with van der Waals surface area (Å²) in [6, 6.07) is 0. The molecule has 4 unspecified atom stereocenters. The van der Waals surface area contributed by atoms with Crippen LogP contribution in [0.15, 0.2) is 0 Å². The molecule has 0 aliphatic rings. The number of aliphatic carboxylic acids is 1. The minimum Gasteiger partial charge on any atom is -0.480 e. The molecular weight excluding hydrogens is 931 g/mol. The summed E-state index contributed by atoms with van der Waals surface area (Å²) in [4.78, 5) is 11.7. The first-order chi connectivity index (χ1) is 13.8. The predicted molar refractivity (Wildman–Crippen MR) is 172 cm³/mol. The number of carboxylic acid groups (broad SMARTS) is 1. The maximum absolute atomic E-state index is 11.7. The van der Waals surface area contributed by atoms with Crippen LogP contribution in [0.3, 0.4) is 0 Å². The van der Waals surface area contributed by atoms with E-state index in [9.17, 15) is 9.90 Å². The lowest BCUT2D eigenvalue weighted by Gasteiger charge is -2.32. The maximum atomic E-state index is 11.7. The van der Waals surface area contributed by atoms with E-state index in [1.165, 1.54) is 94.3 Å². The average Bonchev–Trinajstić information content (AvgIpc) is 2.71. The lowest BCUT2D eigenvalue weighted by Crippen LogP contribution is -2.46. The molecule has 0 amide bonds. The van der Waals surface area contributed by atoms with Gasteiger partial charge in [0.25, 0.3) is 0 Å². The quantitative estimate of drug-likeness (QED) is 0.0750. The van der Waals surface area contributed by atoms with Gasteiger partial charge >= 0.3 is 5.97 Å². The van der Waals surface area contributed by atoms with Gasteiger partial charge in [-0.15, -0.1) is 0 Å². The molecule has 0 aromatic rings. The Morgan fingerprint density at radius 2 is 1.17 bits per heavy atom. The molecule has 0 aliphatic heterocycles. The van der Waals surface area contributed by atoms with Gasteiger partial charge in [0.15, 0.2) is 0 Å². The molecule has 174 valence electrons. The van der Waals surface area contributed by atoms with Crippen LogP contribution in [0.5, 0.6) is 0 Å². The zero-order chi connectivity index (χ0) is 22.1. The molecule has 1 N–H and O–H groups in total. The molecule has 4 atom stereocenters. The van der Waals surface area contributed by atoms with Gasteiger partial charge < -0.3 is 5.11 Å². The van der Waals surface area contributed by atoms with Crippen LogP contribution >= 0.6 is 113 Å². The largest absolute Gasteiger partial charge is 0.480 e. The molecule has 0 aliphatic carbocycles. The van der Waals surface area contributed by atoms with Crippen LogP contribution in [0.1, 0.15) is 103 Å². The van der Waals surface area contributed by atoms with Gasteiger partial charge in [0, 0.05) is 11.8 Å². The SMILES string of the molecule is CCC(I)(C(=O)O)C(I)C(I)C(I)CCCCCCCCCCCCCCCI. The number of alkyl halides is 5. The fourth-order valence-electron chi connectivity index (χ4n) is 3.44. The van der Waals surface area contributed by atoms with Crippen LogP contribution in [0, 0.1) is 0 Å². The van der Waals surface area contributed by atoms with E-state index in [2.05, 4.69) is 113 Å². The van der Waals surface area contributed by atoms with Gasteiger partial charge in [0.2, 0.25) is 0 Å². The molecule has 0 aromatic carbocycles. The number of carboxylic acids is 1. The molecule has 0 saturated carbocycles.